The van der Waals surface area contributed by atoms with Crippen molar-refractivity contribution in [2.75, 3.05) is 13.2 Å². The molecular formula is C22H37ClO4. The number of unbranched alkanes of at least 4 members (excludes halogenated alkanes) is 2. The molecule has 0 N–H and O–H groups in total. The molecule has 0 saturated carbocycles. The van der Waals surface area contributed by atoms with Gasteiger partial charge in [-0.15, -0.1) is 0 Å². The molecule has 2 atom stereocenters. The third-order valence-electron chi connectivity index (χ3n) is 4.77. The molecule has 0 aliphatic rings. The summed E-state index contributed by atoms with van der Waals surface area (Å²) in [6.45, 7) is 12.7. The predicted octanol–water partition coefficient (Wildman–Crippen LogP) is 6.18. The SMILES string of the molecule is C=C(Cl)C(=CC(=O)OCC(CC)CCCC)C(=O)OCC(CC)CCCC. The Bertz CT molecular complexity index is 485. The van der Waals surface area contributed by atoms with Gasteiger partial charge in [-0.1, -0.05) is 84.4 Å². The van der Waals surface area contributed by atoms with Crippen LogP contribution in [0.15, 0.2) is 23.3 Å². The van der Waals surface area contributed by atoms with Gasteiger partial charge in [-0.05, 0) is 24.7 Å². The minimum Gasteiger partial charge on any atom is -0.462 e. The molecule has 27 heavy (non-hydrogen) atoms. The van der Waals surface area contributed by atoms with Gasteiger partial charge in [0.05, 0.1) is 18.8 Å². The van der Waals surface area contributed by atoms with E-state index in [-0.39, 0.29) is 10.6 Å². The van der Waals surface area contributed by atoms with Gasteiger partial charge < -0.3 is 9.47 Å². The molecule has 0 aliphatic heterocycles. The Labute approximate surface area is 170 Å². The molecule has 0 rings (SSSR count). The molecular weight excluding hydrogens is 364 g/mol. The lowest BCUT2D eigenvalue weighted by Gasteiger charge is -2.16. The maximum atomic E-state index is 12.3. The van der Waals surface area contributed by atoms with Crippen molar-refractivity contribution in [3.05, 3.63) is 23.3 Å². The van der Waals surface area contributed by atoms with Gasteiger partial charge in [0.1, 0.15) is 0 Å². The van der Waals surface area contributed by atoms with E-state index in [0.717, 1.165) is 57.4 Å². The highest BCUT2D eigenvalue weighted by Crippen LogP contribution is 2.18. The number of hydrogen-bond donors (Lipinski definition) is 0. The third kappa shape index (κ3) is 11.9. The van der Waals surface area contributed by atoms with Gasteiger partial charge in [0, 0.05) is 11.1 Å². The Hall–Kier alpha value is -1.29. The lowest BCUT2D eigenvalue weighted by atomic mass is 10.0. The van der Waals surface area contributed by atoms with Crippen LogP contribution in [0.5, 0.6) is 0 Å². The van der Waals surface area contributed by atoms with E-state index in [2.05, 4.69) is 34.3 Å². The number of hydrogen-bond acceptors (Lipinski definition) is 4. The van der Waals surface area contributed by atoms with Crippen molar-refractivity contribution in [2.45, 2.75) is 79.1 Å². The fourth-order valence-corrected chi connectivity index (χ4v) is 2.81. The molecule has 0 aliphatic carbocycles. The summed E-state index contributed by atoms with van der Waals surface area (Å²) in [7, 11) is 0. The molecule has 0 aromatic carbocycles. The van der Waals surface area contributed by atoms with Crippen LogP contribution in [0.3, 0.4) is 0 Å². The van der Waals surface area contributed by atoms with E-state index in [4.69, 9.17) is 21.1 Å². The Morgan fingerprint density at radius 3 is 1.81 bits per heavy atom. The first-order valence-electron chi connectivity index (χ1n) is 10.3. The van der Waals surface area contributed by atoms with Gasteiger partial charge in [-0.2, -0.15) is 0 Å². The summed E-state index contributed by atoms with van der Waals surface area (Å²) in [6.07, 6.45) is 9.45. The van der Waals surface area contributed by atoms with E-state index in [1.54, 1.807) is 0 Å². The highest BCUT2D eigenvalue weighted by Gasteiger charge is 2.18. The van der Waals surface area contributed by atoms with Gasteiger partial charge in [0.2, 0.25) is 0 Å². The van der Waals surface area contributed by atoms with Crippen LogP contribution < -0.4 is 0 Å². The predicted molar refractivity (Wildman–Crippen MR) is 112 cm³/mol. The molecule has 0 aromatic heterocycles. The van der Waals surface area contributed by atoms with E-state index in [1.807, 2.05) is 0 Å². The average Bonchev–Trinajstić information content (AvgIpc) is 2.65. The molecule has 0 spiro atoms. The van der Waals surface area contributed by atoms with Crippen LogP contribution in [0, 0.1) is 11.8 Å². The molecule has 0 bridgehead atoms. The van der Waals surface area contributed by atoms with E-state index in [9.17, 15) is 9.59 Å². The summed E-state index contributed by atoms with van der Waals surface area (Å²) < 4.78 is 10.7. The number of halogens is 1. The second-order valence-corrected chi connectivity index (χ2v) is 7.48. The van der Waals surface area contributed by atoms with Gasteiger partial charge in [-0.25, -0.2) is 9.59 Å². The molecule has 156 valence electrons. The summed E-state index contributed by atoms with van der Waals surface area (Å²) in [5.41, 5.74) is -0.0337. The summed E-state index contributed by atoms with van der Waals surface area (Å²) in [5, 5.41) is -0.0171. The zero-order valence-electron chi connectivity index (χ0n) is 17.5. The van der Waals surface area contributed by atoms with Crippen molar-refractivity contribution in [3.8, 4) is 0 Å². The Morgan fingerprint density at radius 2 is 1.41 bits per heavy atom. The number of ether oxygens (including phenoxy) is 2. The molecule has 0 heterocycles. The Morgan fingerprint density at radius 1 is 0.926 bits per heavy atom. The van der Waals surface area contributed by atoms with E-state index in [1.165, 1.54) is 0 Å². The smallest absolute Gasteiger partial charge is 0.339 e. The molecule has 0 fully saturated rings. The maximum Gasteiger partial charge on any atom is 0.339 e. The second-order valence-electron chi connectivity index (χ2n) is 7.02. The largest absolute Gasteiger partial charge is 0.462 e. The first-order chi connectivity index (χ1) is 12.9. The number of carbonyl (C=O) groups is 2. The van der Waals surface area contributed by atoms with Crippen LogP contribution in [-0.2, 0) is 19.1 Å². The molecule has 4 nitrogen and oxygen atoms in total. The van der Waals surface area contributed by atoms with Crippen LogP contribution >= 0.6 is 11.6 Å². The fourth-order valence-electron chi connectivity index (χ4n) is 2.67. The zero-order valence-corrected chi connectivity index (χ0v) is 18.3. The molecule has 0 radical (unpaired) electrons. The minimum absolute atomic E-state index is 0.0171. The topological polar surface area (TPSA) is 52.6 Å². The highest BCUT2D eigenvalue weighted by molar-refractivity contribution is 6.35. The van der Waals surface area contributed by atoms with Gasteiger partial charge >= 0.3 is 11.9 Å². The van der Waals surface area contributed by atoms with Crippen molar-refractivity contribution in [3.63, 3.8) is 0 Å². The van der Waals surface area contributed by atoms with Crippen molar-refractivity contribution >= 4 is 23.5 Å². The Balaban J connectivity index is 4.71. The van der Waals surface area contributed by atoms with Gasteiger partial charge in [0.15, 0.2) is 0 Å². The van der Waals surface area contributed by atoms with Crippen molar-refractivity contribution < 1.29 is 19.1 Å². The lowest BCUT2D eigenvalue weighted by molar-refractivity contribution is -0.142. The van der Waals surface area contributed by atoms with E-state index >= 15 is 0 Å². The molecule has 5 heteroatoms. The first kappa shape index (κ1) is 25.7. The van der Waals surface area contributed by atoms with Crippen molar-refractivity contribution in [2.24, 2.45) is 11.8 Å². The van der Waals surface area contributed by atoms with Crippen LogP contribution in [0.2, 0.25) is 0 Å². The van der Waals surface area contributed by atoms with E-state index in [0.29, 0.717) is 25.0 Å². The van der Waals surface area contributed by atoms with Crippen molar-refractivity contribution in [1.29, 1.82) is 0 Å². The number of carbonyl (C=O) groups excluding carboxylic acids is 2. The Kier molecular flexibility index (Phi) is 15.0. The normalized spacial score (nSPS) is 13.7. The lowest BCUT2D eigenvalue weighted by Crippen LogP contribution is -2.17. The van der Waals surface area contributed by atoms with Crippen molar-refractivity contribution in [1.82, 2.24) is 0 Å². The molecule has 0 aromatic rings. The van der Waals surface area contributed by atoms with Crippen LogP contribution in [0.4, 0.5) is 0 Å². The number of esters is 2. The molecule has 0 saturated heterocycles. The molecule has 2 unspecified atom stereocenters. The minimum atomic E-state index is -0.625. The van der Waals surface area contributed by atoms with Gasteiger partial charge in [-0.3, -0.25) is 0 Å². The highest BCUT2D eigenvalue weighted by atomic mass is 35.5. The summed E-state index contributed by atoms with van der Waals surface area (Å²) in [5.74, 6) is -0.563. The third-order valence-corrected chi connectivity index (χ3v) is 4.98. The fraction of sp³-hybridized carbons (Fsp3) is 0.727. The zero-order chi connectivity index (χ0) is 20.7. The summed E-state index contributed by atoms with van der Waals surface area (Å²) in [6, 6.07) is 0. The first-order valence-corrected chi connectivity index (χ1v) is 10.7. The number of rotatable bonds is 15. The quantitative estimate of drug-likeness (QED) is 0.187. The van der Waals surface area contributed by atoms with Crippen LogP contribution in [0.25, 0.3) is 0 Å². The monoisotopic (exact) mass is 400 g/mol. The van der Waals surface area contributed by atoms with Gasteiger partial charge in [0.25, 0.3) is 0 Å². The van der Waals surface area contributed by atoms with E-state index < -0.39 is 11.9 Å². The molecule has 0 amide bonds. The average molecular weight is 401 g/mol. The summed E-state index contributed by atoms with van der Waals surface area (Å²) >= 11 is 5.90. The van der Waals surface area contributed by atoms with Crippen LogP contribution in [-0.4, -0.2) is 25.2 Å². The second kappa shape index (κ2) is 15.7. The summed E-state index contributed by atoms with van der Waals surface area (Å²) in [4.78, 5) is 24.4. The maximum absolute atomic E-state index is 12.3. The van der Waals surface area contributed by atoms with Crippen LogP contribution in [0.1, 0.15) is 79.1 Å². The standard InChI is InChI=1S/C22H37ClO4/c1-6-10-12-18(8-3)15-26-21(24)14-20(17(5)23)22(25)27-16-19(9-4)13-11-7-2/h14,18-19H,5-13,15-16H2,1-4H3.